The van der Waals surface area contributed by atoms with E-state index in [-0.39, 0.29) is 0 Å². The molecule has 0 aromatic rings. The number of thiocarbonyl (C=S) groups is 1. The van der Waals surface area contributed by atoms with Gasteiger partial charge in [-0.15, -0.1) is 0 Å². The van der Waals surface area contributed by atoms with E-state index >= 15 is 0 Å². The average Bonchev–Trinajstić information content (AvgIpc) is 2.65. The molecule has 74 valence electrons. The number of nitrogens with one attached hydrogen (secondary N) is 2. The largest absolute Gasteiger partial charge is 0.363 e. The van der Waals surface area contributed by atoms with E-state index in [4.69, 9.17) is 12.2 Å². The fourth-order valence-corrected chi connectivity index (χ4v) is 3.10. The lowest BCUT2D eigenvalue weighted by Gasteiger charge is -2.24. The number of hydrogen-bond acceptors (Lipinski definition) is 1. The number of hydrogen-bond donors (Lipinski definition) is 2. The molecule has 3 heteroatoms. The smallest absolute Gasteiger partial charge is 0.166 e. The van der Waals surface area contributed by atoms with Crippen LogP contribution in [0.25, 0.3) is 0 Å². The second kappa shape index (κ2) is 3.82. The second-order valence-corrected chi connectivity index (χ2v) is 4.69. The third-order valence-electron chi connectivity index (χ3n) is 3.39. The first-order chi connectivity index (χ1) is 6.29. The van der Waals surface area contributed by atoms with Crippen molar-refractivity contribution in [1.82, 2.24) is 10.6 Å². The highest BCUT2D eigenvalue weighted by Gasteiger charge is 2.39. The Bertz CT molecular complexity index is 205. The van der Waals surface area contributed by atoms with Gasteiger partial charge in [-0.05, 0) is 50.2 Å². The third kappa shape index (κ3) is 1.96. The summed E-state index contributed by atoms with van der Waals surface area (Å²) in [7, 11) is 0. The van der Waals surface area contributed by atoms with E-state index in [1.807, 2.05) is 0 Å². The van der Waals surface area contributed by atoms with Crippen molar-refractivity contribution in [3.05, 3.63) is 0 Å². The first-order valence-electron chi connectivity index (χ1n) is 5.34. The van der Waals surface area contributed by atoms with Crippen molar-refractivity contribution in [2.75, 3.05) is 6.54 Å². The molecule has 2 aliphatic rings. The van der Waals surface area contributed by atoms with Crippen molar-refractivity contribution in [2.24, 2.45) is 11.8 Å². The first-order valence-corrected chi connectivity index (χ1v) is 5.74. The molecule has 2 fully saturated rings. The van der Waals surface area contributed by atoms with Gasteiger partial charge < -0.3 is 10.6 Å². The van der Waals surface area contributed by atoms with Gasteiger partial charge in [-0.3, -0.25) is 0 Å². The summed E-state index contributed by atoms with van der Waals surface area (Å²) in [6.45, 7) is 3.00. The highest BCUT2D eigenvalue weighted by molar-refractivity contribution is 7.80. The molecule has 2 N–H and O–H groups in total. The fourth-order valence-electron chi connectivity index (χ4n) is 2.80. The molecule has 0 spiro atoms. The van der Waals surface area contributed by atoms with Crippen LogP contribution in [0.5, 0.6) is 0 Å². The zero-order valence-electron chi connectivity index (χ0n) is 8.18. The molecule has 0 aromatic heterocycles. The highest BCUT2D eigenvalue weighted by Crippen LogP contribution is 2.44. The van der Waals surface area contributed by atoms with Crippen LogP contribution in [-0.2, 0) is 0 Å². The molecule has 0 saturated heterocycles. The van der Waals surface area contributed by atoms with Crippen LogP contribution in [0.15, 0.2) is 0 Å². The Hall–Kier alpha value is -0.310. The lowest BCUT2D eigenvalue weighted by Crippen LogP contribution is -2.44. The first kappa shape index (κ1) is 9.25. The molecular formula is C10H18N2S. The Morgan fingerprint density at radius 3 is 2.77 bits per heavy atom. The van der Waals surface area contributed by atoms with Crippen LogP contribution in [-0.4, -0.2) is 17.7 Å². The monoisotopic (exact) mass is 198 g/mol. The van der Waals surface area contributed by atoms with Gasteiger partial charge >= 0.3 is 0 Å². The molecule has 2 bridgehead atoms. The summed E-state index contributed by atoms with van der Waals surface area (Å²) in [5, 5.41) is 7.43. The maximum Gasteiger partial charge on any atom is 0.166 e. The van der Waals surface area contributed by atoms with Gasteiger partial charge in [-0.2, -0.15) is 0 Å². The molecule has 0 unspecified atom stereocenters. The van der Waals surface area contributed by atoms with Gasteiger partial charge in [0.25, 0.3) is 0 Å². The molecule has 0 aromatic carbocycles. The normalized spacial score (nSPS) is 36.2. The van der Waals surface area contributed by atoms with Gasteiger partial charge in [0.15, 0.2) is 5.11 Å². The molecule has 0 heterocycles. The minimum Gasteiger partial charge on any atom is -0.363 e. The molecule has 2 rings (SSSR count). The Kier molecular flexibility index (Phi) is 2.72. The quantitative estimate of drug-likeness (QED) is 0.660. The van der Waals surface area contributed by atoms with Crippen LogP contribution in [0.2, 0.25) is 0 Å². The van der Waals surface area contributed by atoms with Crippen molar-refractivity contribution >= 4 is 17.3 Å². The Labute approximate surface area is 85.5 Å². The molecule has 2 aliphatic carbocycles. The molecule has 2 nitrogen and oxygen atoms in total. The highest BCUT2D eigenvalue weighted by atomic mass is 32.1. The third-order valence-corrected chi connectivity index (χ3v) is 3.65. The SMILES string of the molecule is CCNC(=S)N[C@@H]1C[C@H]2CC[C@H]1C2. The molecule has 0 radical (unpaired) electrons. The van der Waals surface area contributed by atoms with Crippen LogP contribution in [0.1, 0.15) is 32.6 Å². The molecule has 13 heavy (non-hydrogen) atoms. The Morgan fingerprint density at radius 1 is 1.38 bits per heavy atom. The Balaban J connectivity index is 1.79. The van der Waals surface area contributed by atoms with Gasteiger partial charge in [0, 0.05) is 12.6 Å². The van der Waals surface area contributed by atoms with E-state index in [0.29, 0.717) is 6.04 Å². The molecule has 0 aliphatic heterocycles. The van der Waals surface area contributed by atoms with Gasteiger partial charge in [-0.1, -0.05) is 6.42 Å². The summed E-state index contributed by atoms with van der Waals surface area (Å²) in [5.74, 6) is 1.90. The van der Waals surface area contributed by atoms with Crippen LogP contribution >= 0.6 is 12.2 Å². The van der Waals surface area contributed by atoms with Crippen molar-refractivity contribution in [3.8, 4) is 0 Å². The molecule has 2 saturated carbocycles. The maximum absolute atomic E-state index is 5.18. The average molecular weight is 198 g/mol. The van der Waals surface area contributed by atoms with E-state index in [0.717, 1.165) is 23.5 Å². The summed E-state index contributed by atoms with van der Waals surface area (Å²) in [6, 6.07) is 0.672. The van der Waals surface area contributed by atoms with E-state index in [1.165, 1.54) is 25.7 Å². The predicted octanol–water partition coefficient (Wildman–Crippen LogP) is 1.66. The van der Waals surface area contributed by atoms with Crippen molar-refractivity contribution < 1.29 is 0 Å². The number of rotatable bonds is 2. The Morgan fingerprint density at radius 2 is 2.23 bits per heavy atom. The summed E-state index contributed by atoms with van der Waals surface area (Å²) in [6.07, 6.45) is 5.65. The van der Waals surface area contributed by atoms with Gasteiger partial charge in [0.2, 0.25) is 0 Å². The van der Waals surface area contributed by atoms with Crippen LogP contribution < -0.4 is 10.6 Å². The number of fused-ring (bicyclic) bond motifs is 2. The van der Waals surface area contributed by atoms with E-state index in [1.54, 1.807) is 0 Å². The van der Waals surface area contributed by atoms with E-state index < -0.39 is 0 Å². The van der Waals surface area contributed by atoms with E-state index in [2.05, 4.69) is 17.6 Å². The van der Waals surface area contributed by atoms with Crippen LogP contribution in [0.4, 0.5) is 0 Å². The van der Waals surface area contributed by atoms with Crippen molar-refractivity contribution in [1.29, 1.82) is 0 Å². The van der Waals surface area contributed by atoms with Gasteiger partial charge in [0.1, 0.15) is 0 Å². The summed E-state index contributed by atoms with van der Waals surface area (Å²) in [4.78, 5) is 0. The minimum absolute atomic E-state index is 0.672. The minimum atomic E-state index is 0.672. The zero-order chi connectivity index (χ0) is 9.26. The zero-order valence-corrected chi connectivity index (χ0v) is 8.99. The van der Waals surface area contributed by atoms with Crippen molar-refractivity contribution in [3.63, 3.8) is 0 Å². The van der Waals surface area contributed by atoms with E-state index in [9.17, 15) is 0 Å². The van der Waals surface area contributed by atoms with Crippen LogP contribution in [0.3, 0.4) is 0 Å². The van der Waals surface area contributed by atoms with Crippen LogP contribution in [0, 0.1) is 11.8 Å². The standard InChI is InChI=1S/C10H18N2S/c1-2-11-10(13)12-9-6-7-3-4-8(9)5-7/h7-9H,2-6H2,1H3,(H2,11,12,13)/t7-,8-,9+/m0/s1. The van der Waals surface area contributed by atoms with Crippen molar-refractivity contribution in [2.45, 2.75) is 38.6 Å². The summed E-state index contributed by atoms with van der Waals surface area (Å²) in [5.41, 5.74) is 0. The lowest BCUT2D eigenvalue weighted by molar-refractivity contribution is 0.389. The van der Waals surface area contributed by atoms with Gasteiger partial charge in [-0.25, -0.2) is 0 Å². The van der Waals surface area contributed by atoms with Gasteiger partial charge in [0.05, 0.1) is 0 Å². The summed E-state index contributed by atoms with van der Waals surface area (Å²) >= 11 is 5.18. The summed E-state index contributed by atoms with van der Waals surface area (Å²) < 4.78 is 0. The fraction of sp³-hybridized carbons (Fsp3) is 0.900. The topological polar surface area (TPSA) is 24.1 Å². The second-order valence-electron chi connectivity index (χ2n) is 4.29. The lowest BCUT2D eigenvalue weighted by atomic mass is 9.96. The predicted molar refractivity (Wildman–Crippen MR) is 58.6 cm³/mol. The molecular weight excluding hydrogens is 180 g/mol. The maximum atomic E-state index is 5.18. The molecule has 0 amide bonds. The molecule has 3 atom stereocenters.